The third kappa shape index (κ3) is 3.59. The molecule has 1 aromatic heterocycles. The molecule has 6 nitrogen and oxygen atoms in total. The highest BCUT2D eigenvalue weighted by molar-refractivity contribution is 7.80. The molecule has 0 spiro atoms. The predicted molar refractivity (Wildman–Crippen MR) is 74.7 cm³/mol. The van der Waals surface area contributed by atoms with Crippen LogP contribution in [0.4, 0.5) is 0 Å². The summed E-state index contributed by atoms with van der Waals surface area (Å²) in [4.78, 5) is 16.2. The Kier molecular flexibility index (Phi) is 4.19. The van der Waals surface area contributed by atoms with Crippen LogP contribution >= 0.6 is 12.2 Å². The van der Waals surface area contributed by atoms with Gasteiger partial charge in [0.25, 0.3) is 5.91 Å². The van der Waals surface area contributed by atoms with Gasteiger partial charge in [-0.05, 0) is 12.1 Å². The second-order valence-electron chi connectivity index (χ2n) is 3.88. The van der Waals surface area contributed by atoms with Gasteiger partial charge in [-0.3, -0.25) is 9.89 Å². The Balaban J connectivity index is 1.92. The first kappa shape index (κ1) is 13.2. The molecule has 0 saturated carbocycles. The van der Waals surface area contributed by atoms with Gasteiger partial charge in [-0.2, -0.15) is 5.10 Å². The number of hydrogen-bond donors (Lipinski definition) is 3. The number of carbonyl (C=O) groups is 1. The number of hydrogen-bond acceptors (Lipinski definition) is 4. The summed E-state index contributed by atoms with van der Waals surface area (Å²) in [5, 5.41) is 9.25. The van der Waals surface area contributed by atoms with Crippen LogP contribution in [0.5, 0.6) is 0 Å². The summed E-state index contributed by atoms with van der Waals surface area (Å²) in [6, 6.07) is 6.91. The van der Waals surface area contributed by atoms with Gasteiger partial charge in [0.2, 0.25) is 0 Å². The maximum absolute atomic E-state index is 11.9. The highest BCUT2D eigenvalue weighted by Gasteiger charge is 2.07. The third-order valence-corrected chi connectivity index (χ3v) is 2.76. The quantitative estimate of drug-likeness (QED) is 0.687. The van der Waals surface area contributed by atoms with Crippen LogP contribution in [0, 0.1) is 0 Å². The molecule has 0 aliphatic heterocycles. The van der Waals surface area contributed by atoms with Crippen molar-refractivity contribution in [3.63, 3.8) is 0 Å². The monoisotopic (exact) mass is 275 g/mol. The number of rotatable bonds is 5. The maximum Gasteiger partial charge on any atom is 0.251 e. The SMILES string of the molecule is NC(=S)c1cccc(C(=O)NCCc2ncn[nH]2)c1. The van der Waals surface area contributed by atoms with Crippen molar-refractivity contribution in [2.45, 2.75) is 6.42 Å². The van der Waals surface area contributed by atoms with Crippen molar-refractivity contribution in [3.8, 4) is 0 Å². The Morgan fingerprint density at radius 1 is 1.42 bits per heavy atom. The van der Waals surface area contributed by atoms with E-state index in [4.69, 9.17) is 18.0 Å². The van der Waals surface area contributed by atoms with E-state index in [1.54, 1.807) is 24.3 Å². The first-order valence-corrected chi connectivity index (χ1v) is 6.10. The number of carbonyl (C=O) groups excluding carboxylic acids is 1. The number of benzene rings is 1. The van der Waals surface area contributed by atoms with E-state index in [1.807, 2.05) is 0 Å². The minimum absolute atomic E-state index is 0.169. The van der Waals surface area contributed by atoms with Crippen LogP contribution in [0.3, 0.4) is 0 Å². The minimum atomic E-state index is -0.169. The zero-order chi connectivity index (χ0) is 13.7. The molecule has 1 heterocycles. The predicted octanol–water partition coefficient (Wildman–Crippen LogP) is 0.411. The van der Waals surface area contributed by atoms with Crippen molar-refractivity contribution in [3.05, 3.63) is 47.5 Å². The summed E-state index contributed by atoms with van der Waals surface area (Å²) in [6.45, 7) is 0.478. The number of nitrogens with one attached hydrogen (secondary N) is 2. The number of thiocarbonyl (C=S) groups is 1. The molecular weight excluding hydrogens is 262 g/mol. The fourth-order valence-corrected chi connectivity index (χ4v) is 1.69. The molecular formula is C12H13N5OS. The van der Waals surface area contributed by atoms with Crippen LogP contribution < -0.4 is 11.1 Å². The van der Waals surface area contributed by atoms with Gasteiger partial charge < -0.3 is 11.1 Å². The molecule has 0 saturated heterocycles. The fourth-order valence-electron chi connectivity index (χ4n) is 1.56. The van der Waals surface area contributed by atoms with Crippen molar-refractivity contribution < 1.29 is 4.79 Å². The smallest absolute Gasteiger partial charge is 0.251 e. The molecule has 0 atom stereocenters. The first-order chi connectivity index (χ1) is 9.16. The van der Waals surface area contributed by atoms with E-state index in [-0.39, 0.29) is 10.9 Å². The zero-order valence-electron chi connectivity index (χ0n) is 10.1. The van der Waals surface area contributed by atoms with E-state index in [0.29, 0.717) is 24.1 Å². The van der Waals surface area contributed by atoms with Crippen molar-refractivity contribution >= 4 is 23.1 Å². The maximum atomic E-state index is 11.9. The Morgan fingerprint density at radius 3 is 2.89 bits per heavy atom. The second-order valence-corrected chi connectivity index (χ2v) is 4.32. The van der Waals surface area contributed by atoms with Crippen LogP contribution in [0.2, 0.25) is 0 Å². The zero-order valence-corrected chi connectivity index (χ0v) is 10.9. The molecule has 1 aromatic carbocycles. The average molecular weight is 275 g/mol. The number of nitrogens with two attached hydrogens (primary N) is 1. The van der Waals surface area contributed by atoms with Crippen molar-refractivity contribution in [2.75, 3.05) is 6.54 Å². The molecule has 98 valence electrons. The van der Waals surface area contributed by atoms with Gasteiger partial charge in [-0.15, -0.1) is 0 Å². The Morgan fingerprint density at radius 2 is 2.21 bits per heavy atom. The van der Waals surface area contributed by atoms with Gasteiger partial charge in [0, 0.05) is 24.1 Å². The van der Waals surface area contributed by atoms with Gasteiger partial charge in [-0.1, -0.05) is 24.4 Å². The summed E-state index contributed by atoms with van der Waals surface area (Å²) in [7, 11) is 0. The standard InChI is InChI=1S/C12H13N5OS/c13-11(19)8-2-1-3-9(6-8)12(18)14-5-4-10-15-7-16-17-10/h1-3,6-7H,4-5H2,(H2,13,19)(H,14,18)(H,15,16,17). The Hall–Kier alpha value is -2.28. The average Bonchev–Trinajstić information content (AvgIpc) is 2.92. The summed E-state index contributed by atoms with van der Waals surface area (Å²) in [6.07, 6.45) is 2.03. The van der Waals surface area contributed by atoms with Crippen molar-refractivity contribution in [1.82, 2.24) is 20.5 Å². The molecule has 0 aliphatic carbocycles. The van der Waals surface area contributed by atoms with Crippen LogP contribution in [-0.4, -0.2) is 32.6 Å². The lowest BCUT2D eigenvalue weighted by molar-refractivity contribution is 0.0954. The van der Waals surface area contributed by atoms with E-state index >= 15 is 0 Å². The molecule has 7 heteroatoms. The van der Waals surface area contributed by atoms with Crippen LogP contribution in [0.1, 0.15) is 21.7 Å². The molecule has 0 unspecified atom stereocenters. The van der Waals surface area contributed by atoms with E-state index in [1.165, 1.54) is 6.33 Å². The molecule has 0 bridgehead atoms. The van der Waals surface area contributed by atoms with E-state index in [0.717, 1.165) is 5.82 Å². The second kappa shape index (κ2) is 6.05. The third-order valence-electron chi connectivity index (χ3n) is 2.52. The highest BCUT2D eigenvalue weighted by atomic mass is 32.1. The molecule has 0 radical (unpaired) electrons. The van der Waals surface area contributed by atoms with E-state index in [2.05, 4.69) is 20.5 Å². The molecule has 0 aliphatic rings. The molecule has 4 N–H and O–H groups in total. The minimum Gasteiger partial charge on any atom is -0.389 e. The Bertz CT molecular complexity index is 582. The van der Waals surface area contributed by atoms with Gasteiger partial charge in [-0.25, -0.2) is 4.98 Å². The van der Waals surface area contributed by atoms with E-state index in [9.17, 15) is 4.79 Å². The fraction of sp³-hybridized carbons (Fsp3) is 0.167. The largest absolute Gasteiger partial charge is 0.389 e. The normalized spacial score (nSPS) is 10.1. The van der Waals surface area contributed by atoms with Crippen LogP contribution in [-0.2, 0) is 6.42 Å². The van der Waals surface area contributed by atoms with Crippen molar-refractivity contribution in [2.24, 2.45) is 5.73 Å². The summed E-state index contributed by atoms with van der Waals surface area (Å²) < 4.78 is 0. The lowest BCUT2D eigenvalue weighted by Crippen LogP contribution is -2.26. The summed E-state index contributed by atoms with van der Waals surface area (Å²) in [5.41, 5.74) is 6.74. The number of amides is 1. The summed E-state index contributed by atoms with van der Waals surface area (Å²) in [5.74, 6) is 0.565. The summed E-state index contributed by atoms with van der Waals surface area (Å²) >= 11 is 4.88. The van der Waals surface area contributed by atoms with Crippen molar-refractivity contribution in [1.29, 1.82) is 0 Å². The lowest BCUT2D eigenvalue weighted by Gasteiger charge is -2.05. The highest BCUT2D eigenvalue weighted by Crippen LogP contribution is 2.05. The molecule has 0 fully saturated rings. The molecule has 2 rings (SSSR count). The molecule has 2 aromatic rings. The van der Waals surface area contributed by atoms with Gasteiger partial charge in [0.05, 0.1) is 0 Å². The number of aromatic nitrogens is 3. The van der Waals surface area contributed by atoms with E-state index < -0.39 is 0 Å². The number of H-pyrrole nitrogens is 1. The van der Waals surface area contributed by atoms with Gasteiger partial charge in [0.15, 0.2) is 0 Å². The first-order valence-electron chi connectivity index (χ1n) is 5.69. The lowest BCUT2D eigenvalue weighted by atomic mass is 10.1. The number of nitrogens with zero attached hydrogens (tertiary/aromatic N) is 2. The van der Waals surface area contributed by atoms with Crippen LogP contribution in [0.15, 0.2) is 30.6 Å². The Labute approximate surface area is 115 Å². The van der Waals surface area contributed by atoms with Gasteiger partial charge in [0.1, 0.15) is 17.1 Å². The molecule has 19 heavy (non-hydrogen) atoms. The van der Waals surface area contributed by atoms with Gasteiger partial charge >= 0.3 is 0 Å². The van der Waals surface area contributed by atoms with Crippen LogP contribution in [0.25, 0.3) is 0 Å². The molecule has 1 amide bonds. The number of aromatic amines is 1. The topological polar surface area (TPSA) is 96.7 Å².